The van der Waals surface area contributed by atoms with Crippen molar-refractivity contribution in [1.29, 1.82) is 5.26 Å². The molecule has 0 bridgehead atoms. The molecule has 0 aliphatic heterocycles. The molecule has 0 aliphatic rings. The molecule has 3 nitrogen and oxygen atoms in total. The van der Waals surface area contributed by atoms with Crippen molar-refractivity contribution in [2.45, 2.75) is 19.3 Å². The highest BCUT2D eigenvalue weighted by Gasteiger charge is 2.04. The molecule has 19 heavy (non-hydrogen) atoms. The van der Waals surface area contributed by atoms with Crippen LogP contribution in [0.2, 0.25) is 0 Å². The van der Waals surface area contributed by atoms with Gasteiger partial charge >= 0.3 is 0 Å². The highest BCUT2D eigenvalue weighted by atomic mass is 15.0. The summed E-state index contributed by atoms with van der Waals surface area (Å²) >= 11 is 0. The Balaban J connectivity index is 1.85. The van der Waals surface area contributed by atoms with Gasteiger partial charge in [0.05, 0.1) is 11.6 Å². The normalized spacial score (nSPS) is 11.6. The fraction of sp³-hybridized carbons (Fsp3) is 0.250. The highest BCUT2D eigenvalue weighted by molar-refractivity contribution is 5.42. The summed E-state index contributed by atoms with van der Waals surface area (Å²) in [4.78, 5) is 4.19. The fourth-order valence-corrected chi connectivity index (χ4v) is 1.96. The molecule has 0 spiro atoms. The number of benzene rings is 1. The van der Waals surface area contributed by atoms with Crippen LogP contribution in [0.25, 0.3) is 0 Å². The summed E-state index contributed by atoms with van der Waals surface area (Å²) in [6, 6.07) is 16.1. The third-order valence-corrected chi connectivity index (χ3v) is 3.14. The van der Waals surface area contributed by atoms with Crippen molar-refractivity contribution < 1.29 is 0 Å². The molecule has 0 radical (unpaired) electrons. The molecule has 0 saturated carbocycles. The summed E-state index contributed by atoms with van der Waals surface area (Å²) in [7, 11) is 0. The lowest BCUT2D eigenvalue weighted by Gasteiger charge is -2.12. The molecule has 2 aromatic rings. The Bertz CT molecular complexity index is 558. The largest absolute Gasteiger partial charge is 0.370 e. The monoisotopic (exact) mass is 251 g/mol. The molecule has 1 unspecified atom stereocenters. The zero-order chi connectivity index (χ0) is 13.5. The van der Waals surface area contributed by atoms with Gasteiger partial charge in [0.1, 0.15) is 5.82 Å². The number of nitriles is 1. The van der Waals surface area contributed by atoms with Gasteiger partial charge in [0.15, 0.2) is 0 Å². The maximum Gasteiger partial charge on any atom is 0.127 e. The standard InChI is InChI=1S/C16H17N3/c1-13(15-5-3-2-4-6-15)7-9-18-16-11-14(12-17)8-10-19-16/h2-6,8,10-11,13H,7,9H2,1H3,(H,18,19). The minimum absolute atomic E-state index is 0.507. The maximum absolute atomic E-state index is 8.82. The SMILES string of the molecule is CC(CCNc1cc(C#N)ccn1)c1ccccc1. The second kappa shape index (κ2) is 6.55. The number of aromatic nitrogens is 1. The van der Waals surface area contributed by atoms with Crippen LogP contribution in [0, 0.1) is 11.3 Å². The van der Waals surface area contributed by atoms with E-state index in [1.54, 1.807) is 18.3 Å². The van der Waals surface area contributed by atoms with E-state index in [-0.39, 0.29) is 0 Å². The fourth-order valence-electron chi connectivity index (χ4n) is 1.96. The first-order valence-corrected chi connectivity index (χ1v) is 6.44. The van der Waals surface area contributed by atoms with E-state index in [4.69, 9.17) is 5.26 Å². The summed E-state index contributed by atoms with van der Waals surface area (Å²) in [5.41, 5.74) is 1.98. The van der Waals surface area contributed by atoms with Crippen LogP contribution < -0.4 is 5.32 Å². The number of hydrogen-bond acceptors (Lipinski definition) is 3. The minimum atomic E-state index is 0.507. The Morgan fingerprint density at radius 2 is 2.05 bits per heavy atom. The Morgan fingerprint density at radius 3 is 2.79 bits per heavy atom. The van der Waals surface area contributed by atoms with Gasteiger partial charge in [-0.2, -0.15) is 5.26 Å². The summed E-state index contributed by atoms with van der Waals surface area (Å²) in [5.74, 6) is 1.27. The molecular formula is C16H17N3. The molecule has 2 rings (SSSR count). The highest BCUT2D eigenvalue weighted by Crippen LogP contribution is 2.18. The first-order valence-electron chi connectivity index (χ1n) is 6.44. The van der Waals surface area contributed by atoms with Crippen molar-refractivity contribution in [2.75, 3.05) is 11.9 Å². The Hall–Kier alpha value is -2.34. The average Bonchev–Trinajstić information content (AvgIpc) is 2.48. The van der Waals surface area contributed by atoms with Crippen LogP contribution in [-0.4, -0.2) is 11.5 Å². The number of pyridine rings is 1. The molecule has 1 N–H and O–H groups in total. The van der Waals surface area contributed by atoms with E-state index in [1.165, 1.54) is 5.56 Å². The molecule has 1 aromatic heterocycles. The van der Waals surface area contributed by atoms with Crippen molar-refractivity contribution >= 4 is 5.82 Å². The molecule has 0 saturated heterocycles. The van der Waals surface area contributed by atoms with E-state index in [0.717, 1.165) is 18.8 Å². The summed E-state index contributed by atoms with van der Waals surface area (Å²) in [6.45, 7) is 3.06. The minimum Gasteiger partial charge on any atom is -0.370 e. The Kier molecular flexibility index (Phi) is 4.52. The van der Waals surface area contributed by atoms with Crippen molar-refractivity contribution in [3.63, 3.8) is 0 Å². The van der Waals surface area contributed by atoms with Gasteiger partial charge in [-0.3, -0.25) is 0 Å². The lowest BCUT2D eigenvalue weighted by atomic mass is 9.98. The van der Waals surface area contributed by atoms with Gasteiger partial charge in [-0.25, -0.2) is 4.98 Å². The molecule has 1 heterocycles. The van der Waals surface area contributed by atoms with Gasteiger partial charge in [0.2, 0.25) is 0 Å². The predicted octanol–water partition coefficient (Wildman–Crippen LogP) is 3.56. The van der Waals surface area contributed by atoms with Crippen LogP contribution in [-0.2, 0) is 0 Å². The zero-order valence-electron chi connectivity index (χ0n) is 11.0. The van der Waals surface area contributed by atoms with Crippen molar-refractivity contribution in [3.8, 4) is 6.07 Å². The Labute approximate surface area is 113 Å². The van der Waals surface area contributed by atoms with Gasteiger partial charge in [-0.15, -0.1) is 0 Å². The summed E-state index contributed by atoms with van der Waals surface area (Å²) in [6.07, 6.45) is 2.68. The summed E-state index contributed by atoms with van der Waals surface area (Å²) < 4.78 is 0. The number of hydrogen-bond donors (Lipinski definition) is 1. The van der Waals surface area contributed by atoms with Gasteiger partial charge in [-0.05, 0) is 30.0 Å². The van der Waals surface area contributed by atoms with Gasteiger partial charge in [0, 0.05) is 12.7 Å². The van der Waals surface area contributed by atoms with Crippen molar-refractivity contribution in [1.82, 2.24) is 4.98 Å². The Morgan fingerprint density at radius 1 is 1.26 bits per heavy atom. The molecule has 0 fully saturated rings. The van der Waals surface area contributed by atoms with Gasteiger partial charge in [-0.1, -0.05) is 37.3 Å². The third kappa shape index (κ3) is 3.82. The van der Waals surface area contributed by atoms with Gasteiger partial charge < -0.3 is 5.32 Å². The van der Waals surface area contributed by atoms with Crippen LogP contribution in [0.15, 0.2) is 48.7 Å². The van der Waals surface area contributed by atoms with E-state index in [1.807, 2.05) is 6.07 Å². The summed E-state index contributed by atoms with van der Waals surface area (Å²) in [5, 5.41) is 12.1. The third-order valence-electron chi connectivity index (χ3n) is 3.14. The maximum atomic E-state index is 8.82. The second-order valence-electron chi connectivity index (χ2n) is 4.57. The number of anilines is 1. The van der Waals surface area contributed by atoms with Crippen molar-refractivity contribution in [2.24, 2.45) is 0 Å². The molecule has 1 aromatic carbocycles. The molecule has 0 amide bonds. The quantitative estimate of drug-likeness (QED) is 0.884. The van der Waals surface area contributed by atoms with E-state index < -0.39 is 0 Å². The van der Waals surface area contributed by atoms with Crippen LogP contribution in [0.1, 0.15) is 30.4 Å². The number of nitrogens with one attached hydrogen (secondary N) is 1. The van der Waals surface area contributed by atoms with Crippen LogP contribution >= 0.6 is 0 Å². The van der Waals surface area contributed by atoms with E-state index in [2.05, 4.69) is 47.6 Å². The lowest BCUT2D eigenvalue weighted by Crippen LogP contribution is -2.07. The van der Waals surface area contributed by atoms with Crippen LogP contribution in [0.5, 0.6) is 0 Å². The molecule has 0 aliphatic carbocycles. The van der Waals surface area contributed by atoms with E-state index in [9.17, 15) is 0 Å². The molecular weight excluding hydrogens is 234 g/mol. The van der Waals surface area contributed by atoms with Gasteiger partial charge in [0.25, 0.3) is 0 Å². The molecule has 96 valence electrons. The predicted molar refractivity (Wildman–Crippen MR) is 76.9 cm³/mol. The first kappa shape index (κ1) is 13.1. The molecule has 1 atom stereocenters. The topological polar surface area (TPSA) is 48.7 Å². The van der Waals surface area contributed by atoms with Crippen LogP contribution in [0.3, 0.4) is 0 Å². The zero-order valence-corrected chi connectivity index (χ0v) is 11.0. The second-order valence-corrected chi connectivity index (χ2v) is 4.57. The number of nitrogens with zero attached hydrogens (tertiary/aromatic N) is 2. The van der Waals surface area contributed by atoms with E-state index in [0.29, 0.717) is 11.5 Å². The smallest absolute Gasteiger partial charge is 0.127 e. The van der Waals surface area contributed by atoms with E-state index >= 15 is 0 Å². The van der Waals surface area contributed by atoms with Crippen molar-refractivity contribution in [3.05, 3.63) is 59.8 Å². The average molecular weight is 251 g/mol. The first-order chi connectivity index (χ1) is 9.29. The number of rotatable bonds is 5. The molecule has 3 heteroatoms. The lowest BCUT2D eigenvalue weighted by molar-refractivity contribution is 0.705. The van der Waals surface area contributed by atoms with Crippen LogP contribution in [0.4, 0.5) is 5.82 Å².